The highest BCUT2D eigenvalue weighted by molar-refractivity contribution is 7.92. The molecule has 0 aliphatic rings. The van der Waals surface area contributed by atoms with Crippen LogP contribution in [0.25, 0.3) is 0 Å². The highest BCUT2D eigenvalue weighted by Gasteiger charge is 2.22. The van der Waals surface area contributed by atoms with Crippen molar-refractivity contribution in [3.8, 4) is 5.75 Å². The lowest BCUT2D eigenvalue weighted by Crippen LogP contribution is -2.30. The quantitative estimate of drug-likeness (QED) is 0.775. The fraction of sp³-hybridized carbons (Fsp3) is 0.278. The molecule has 1 amide bonds. The van der Waals surface area contributed by atoms with E-state index in [1.165, 1.54) is 25.3 Å². The van der Waals surface area contributed by atoms with Gasteiger partial charge in [-0.2, -0.15) is 0 Å². The van der Waals surface area contributed by atoms with Crippen LogP contribution in [0.2, 0.25) is 5.02 Å². The maximum absolute atomic E-state index is 12.8. The van der Waals surface area contributed by atoms with Gasteiger partial charge in [0, 0.05) is 18.7 Å². The summed E-state index contributed by atoms with van der Waals surface area (Å²) in [6.07, 6.45) is 0. The van der Waals surface area contributed by atoms with E-state index >= 15 is 0 Å². The van der Waals surface area contributed by atoms with Crippen LogP contribution in [0, 0.1) is 0 Å². The van der Waals surface area contributed by atoms with Gasteiger partial charge in [0.05, 0.1) is 17.8 Å². The molecule has 0 radical (unpaired) electrons. The zero-order valence-electron chi connectivity index (χ0n) is 14.8. The number of sulfonamides is 1. The number of hydrogen-bond acceptors (Lipinski definition) is 4. The number of amides is 1. The van der Waals surface area contributed by atoms with Crippen LogP contribution in [0.1, 0.15) is 24.2 Å². The summed E-state index contributed by atoms with van der Waals surface area (Å²) in [4.78, 5) is 13.9. The zero-order chi connectivity index (χ0) is 19.3. The highest BCUT2D eigenvalue weighted by Crippen LogP contribution is 2.29. The lowest BCUT2D eigenvalue weighted by molar-refractivity contribution is 0.0772. The summed E-state index contributed by atoms with van der Waals surface area (Å²) >= 11 is 6.10. The molecule has 0 atom stereocenters. The van der Waals surface area contributed by atoms with Crippen molar-refractivity contribution >= 4 is 33.2 Å². The maximum atomic E-state index is 12.8. The smallest absolute Gasteiger partial charge is 0.263 e. The molecule has 0 bridgehead atoms. The molecule has 1 N–H and O–H groups in total. The van der Waals surface area contributed by atoms with Gasteiger partial charge in [-0.05, 0) is 44.2 Å². The fourth-order valence-electron chi connectivity index (χ4n) is 2.46. The van der Waals surface area contributed by atoms with Crippen molar-refractivity contribution in [3.05, 3.63) is 53.1 Å². The summed E-state index contributed by atoms with van der Waals surface area (Å²) in [7, 11) is -2.56. The van der Waals surface area contributed by atoms with E-state index in [2.05, 4.69) is 4.72 Å². The van der Waals surface area contributed by atoms with Crippen LogP contribution in [0.3, 0.4) is 0 Å². The number of hydrogen-bond donors (Lipinski definition) is 1. The van der Waals surface area contributed by atoms with Crippen LogP contribution in [-0.4, -0.2) is 39.4 Å². The van der Waals surface area contributed by atoms with Gasteiger partial charge in [0.25, 0.3) is 15.9 Å². The Hall–Kier alpha value is -2.25. The largest absolute Gasteiger partial charge is 0.495 e. The SMILES string of the molecule is CCN(CC)C(=O)c1ccc(Cl)c(S(=O)(=O)Nc2ccccc2OC)c1. The highest BCUT2D eigenvalue weighted by atomic mass is 35.5. The molecule has 2 aromatic rings. The van der Waals surface area contributed by atoms with Gasteiger partial charge < -0.3 is 9.64 Å². The summed E-state index contributed by atoms with van der Waals surface area (Å²) in [5, 5.41) is 0.0310. The zero-order valence-corrected chi connectivity index (χ0v) is 16.4. The predicted molar refractivity (Wildman–Crippen MR) is 103 cm³/mol. The standard InChI is InChI=1S/C18H21ClN2O4S/c1-4-21(5-2)18(22)13-10-11-14(19)17(12-13)26(23,24)20-15-8-6-7-9-16(15)25-3/h6-12,20H,4-5H2,1-3H3. The number of halogens is 1. The lowest BCUT2D eigenvalue weighted by atomic mass is 10.2. The first-order chi connectivity index (χ1) is 12.3. The third kappa shape index (κ3) is 4.28. The van der Waals surface area contributed by atoms with E-state index < -0.39 is 10.0 Å². The van der Waals surface area contributed by atoms with Crippen molar-refractivity contribution < 1.29 is 17.9 Å². The van der Waals surface area contributed by atoms with E-state index in [0.717, 1.165) is 0 Å². The number of methoxy groups -OCH3 is 1. The third-order valence-electron chi connectivity index (χ3n) is 3.87. The fourth-order valence-corrected chi connectivity index (χ4v) is 4.06. The number of carbonyl (C=O) groups excluding carboxylic acids is 1. The van der Waals surface area contributed by atoms with Crippen LogP contribution >= 0.6 is 11.6 Å². The molecule has 0 aliphatic heterocycles. The van der Waals surface area contributed by atoms with Crippen LogP contribution in [0.15, 0.2) is 47.4 Å². The number of nitrogens with one attached hydrogen (secondary N) is 1. The number of carbonyl (C=O) groups is 1. The molecular weight excluding hydrogens is 376 g/mol. The van der Waals surface area contributed by atoms with Gasteiger partial charge in [-0.15, -0.1) is 0 Å². The first-order valence-corrected chi connectivity index (χ1v) is 9.94. The van der Waals surface area contributed by atoms with Crippen molar-refractivity contribution in [2.75, 3.05) is 24.9 Å². The number of anilines is 1. The average molecular weight is 397 g/mol. The topological polar surface area (TPSA) is 75.7 Å². The van der Waals surface area contributed by atoms with Gasteiger partial charge in [-0.25, -0.2) is 8.42 Å². The normalized spacial score (nSPS) is 11.1. The third-order valence-corrected chi connectivity index (χ3v) is 5.72. The Labute approximate surface area is 158 Å². The Balaban J connectivity index is 2.43. The summed E-state index contributed by atoms with van der Waals surface area (Å²) < 4.78 is 33.2. The van der Waals surface area contributed by atoms with Gasteiger partial charge in [-0.3, -0.25) is 9.52 Å². The van der Waals surface area contributed by atoms with E-state index in [1.54, 1.807) is 29.2 Å². The summed E-state index contributed by atoms with van der Waals surface area (Å²) in [6.45, 7) is 4.77. The second-order valence-electron chi connectivity index (χ2n) is 5.43. The van der Waals surface area contributed by atoms with Gasteiger partial charge in [0.2, 0.25) is 0 Å². The Bertz CT molecular complexity index is 896. The van der Waals surface area contributed by atoms with Gasteiger partial charge >= 0.3 is 0 Å². The first-order valence-electron chi connectivity index (χ1n) is 8.08. The Morgan fingerprint density at radius 3 is 2.42 bits per heavy atom. The molecule has 8 heteroatoms. The monoisotopic (exact) mass is 396 g/mol. The molecule has 0 heterocycles. The van der Waals surface area contributed by atoms with Crippen molar-refractivity contribution in [1.82, 2.24) is 4.90 Å². The van der Waals surface area contributed by atoms with Crippen LogP contribution in [0.4, 0.5) is 5.69 Å². The maximum Gasteiger partial charge on any atom is 0.263 e. The average Bonchev–Trinajstić information content (AvgIpc) is 2.63. The van der Waals surface area contributed by atoms with Gasteiger partial charge in [0.1, 0.15) is 10.6 Å². The number of benzene rings is 2. The molecule has 0 spiro atoms. The van der Waals surface area contributed by atoms with E-state index in [1.807, 2.05) is 13.8 Å². The number of rotatable bonds is 7. The first kappa shape index (κ1) is 20.1. The van der Waals surface area contributed by atoms with Crippen molar-refractivity contribution in [1.29, 1.82) is 0 Å². The Kier molecular flexibility index (Phi) is 6.50. The van der Waals surface area contributed by atoms with E-state index in [0.29, 0.717) is 18.8 Å². The second-order valence-corrected chi connectivity index (χ2v) is 7.49. The predicted octanol–water partition coefficient (Wildman–Crippen LogP) is 3.63. The Morgan fingerprint density at radius 1 is 1.15 bits per heavy atom. The number of para-hydroxylation sites is 2. The van der Waals surface area contributed by atoms with E-state index in [9.17, 15) is 13.2 Å². The van der Waals surface area contributed by atoms with Gasteiger partial charge in [-0.1, -0.05) is 23.7 Å². The van der Waals surface area contributed by atoms with Crippen molar-refractivity contribution in [2.45, 2.75) is 18.7 Å². The molecule has 0 unspecified atom stereocenters. The molecule has 140 valence electrons. The van der Waals surface area contributed by atoms with Crippen LogP contribution in [0.5, 0.6) is 5.75 Å². The lowest BCUT2D eigenvalue weighted by Gasteiger charge is -2.19. The summed E-state index contributed by atoms with van der Waals surface area (Å²) in [6, 6.07) is 10.9. The number of ether oxygens (including phenoxy) is 1. The molecule has 6 nitrogen and oxygen atoms in total. The molecule has 0 saturated heterocycles. The summed E-state index contributed by atoms with van der Waals surface area (Å²) in [5.41, 5.74) is 0.546. The van der Waals surface area contributed by atoms with E-state index in [-0.39, 0.29) is 27.1 Å². The van der Waals surface area contributed by atoms with Crippen LogP contribution in [-0.2, 0) is 10.0 Å². The molecule has 2 aromatic carbocycles. The van der Waals surface area contributed by atoms with Crippen molar-refractivity contribution in [3.63, 3.8) is 0 Å². The minimum atomic E-state index is -4.00. The molecule has 0 saturated carbocycles. The minimum Gasteiger partial charge on any atom is -0.495 e. The molecule has 2 rings (SSSR count). The molecule has 26 heavy (non-hydrogen) atoms. The number of nitrogens with zero attached hydrogens (tertiary/aromatic N) is 1. The van der Waals surface area contributed by atoms with E-state index in [4.69, 9.17) is 16.3 Å². The molecule has 0 aliphatic carbocycles. The second kappa shape index (κ2) is 8.42. The van der Waals surface area contributed by atoms with Crippen LogP contribution < -0.4 is 9.46 Å². The molecular formula is C18H21ClN2O4S. The minimum absolute atomic E-state index is 0.0310. The summed E-state index contributed by atoms with van der Waals surface area (Å²) in [5.74, 6) is 0.128. The van der Waals surface area contributed by atoms with Crippen molar-refractivity contribution in [2.24, 2.45) is 0 Å². The molecule has 0 fully saturated rings. The Morgan fingerprint density at radius 2 is 1.81 bits per heavy atom. The molecule has 0 aromatic heterocycles. The van der Waals surface area contributed by atoms with Gasteiger partial charge in [0.15, 0.2) is 0 Å².